The van der Waals surface area contributed by atoms with Crippen molar-refractivity contribution in [3.8, 4) is 27.6 Å². The van der Waals surface area contributed by atoms with Gasteiger partial charge in [0.25, 0.3) is 0 Å². The second-order valence-corrected chi connectivity index (χ2v) is 13.7. The number of phenolic OH excluding ortho intramolecular Hbond substituents is 1. The summed E-state index contributed by atoms with van der Waals surface area (Å²) in [5, 5.41) is 14.2. The van der Waals surface area contributed by atoms with Crippen LogP contribution < -0.4 is 0 Å². The fourth-order valence-corrected chi connectivity index (χ4v) is 7.49. The van der Waals surface area contributed by atoms with E-state index in [1.165, 1.54) is 22.6 Å². The standard InChI is InChI=1S/C26H31NOS3/c1-25(2,3)19-13-18(14-20(22(19)28)26(4,5)6)21-15-31-23(27-21)16-7-9-17(10-8-16)24-29-11-12-30-24/h7-10,13-15,24,28H,11-12H2,1-6H3. The first-order valence-corrected chi connectivity index (χ1v) is 13.7. The molecule has 5 heteroatoms. The van der Waals surface area contributed by atoms with Crippen LogP contribution in [-0.2, 0) is 10.8 Å². The summed E-state index contributed by atoms with van der Waals surface area (Å²) in [7, 11) is 0. The number of aromatic hydroxyl groups is 1. The minimum atomic E-state index is -0.148. The molecular weight excluding hydrogens is 438 g/mol. The lowest BCUT2D eigenvalue weighted by atomic mass is 9.78. The number of aromatic nitrogens is 1. The summed E-state index contributed by atoms with van der Waals surface area (Å²) in [5.41, 5.74) is 6.26. The quantitative estimate of drug-likeness (QED) is 0.418. The molecule has 164 valence electrons. The number of thioether (sulfide) groups is 2. The number of nitrogens with zero attached hydrogens (tertiary/aromatic N) is 1. The molecule has 1 aliphatic heterocycles. The maximum atomic E-state index is 11.0. The van der Waals surface area contributed by atoms with E-state index < -0.39 is 0 Å². The number of benzene rings is 2. The van der Waals surface area contributed by atoms with Crippen LogP contribution in [0.4, 0.5) is 0 Å². The third kappa shape index (κ3) is 4.84. The first kappa shape index (κ1) is 22.8. The van der Waals surface area contributed by atoms with Crippen LogP contribution in [0.1, 0.15) is 62.8 Å². The monoisotopic (exact) mass is 469 g/mol. The third-order valence-electron chi connectivity index (χ3n) is 5.58. The van der Waals surface area contributed by atoms with Crippen molar-refractivity contribution in [1.29, 1.82) is 0 Å². The molecule has 1 saturated heterocycles. The molecule has 2 heterocycles. The maximum Gasteiger partial charge on any atom is 0.124 e. The Kier molecular flexibility index (Phi) is 6.23. The number of thiazole rings is 1. The zero-order chi connectivity index (χ0) is 22.4. The zero-order valence-corrected chi connectivity index (χ0v) is 21.6. The third-order valence-corrected chi connectivity index (χ3v) is 9.57. The molecule has 2 nitrogen and oxygen atoms in total. The molecule has 0 spiro atoms. The van der Waals surface area contributed by atoms with Crippen LogP contribution in [0, 0.1) is 0 Å². The SMILES string of the molecule is CC(C)(C)c1cc(-c2csc(-c3ccc(C4SCCS4)cc3)n2)cc(C(C)(C)C)c1O. The summed E-state index contributed by atoms with van der Waals surface area (Å²) in [4.78, 5) is 4.98. The fraction of sp³-hybridized carbons (Fsp3) is 0.423. The van der Waals surface area contributed by atoms with E-state index in [9.17, 15) is 5.11 Å². The van der Waals surface area contributed by atoms with Gasteiger partial charge in [0, 0.05) is 39.1 Å². The normalized spacial score (nSPS) is 15.5. The van der Waals surface area contributed by atoms with Gasteiger partial charge in [0.2, 0.25) is 0 Å². The minimum Gasteiger partial charge on any atom is -0.507 e. The highest BCUT2D eigenvalue weighted by atomic mass is 32.2. The summed E-state index contributed by atoms with van der Waals surface area (Å²) in [5.74, 6) is 2.90. The Morgan fingerprint density at radius 1 is 0.839 bits per heavy atom. The number of hydrogen-bond acceptors (Lipinski definition) is 5. The van der Waals surface area contributed by atoms with Gasteiger partial charge in [-0.15, -0.1) is 34.9 Å². The summed E-state index contributed by atoms with van der Waals surface area (Å²) in [6.07, 6.45) is 0. The fourth-order valence-electron chi connectivity index (χ4n) is 3.80. The van der Waals surface area contributed by atoms with Crippen molar-refractivity contribution in [3.63, 3.8) is 0 Å². The number of phenols is 1. The van der Waals surface area contributed by atoms with Crippen LogP contribution in [0.25, 0.3) is 21.8 Å². The van der Waals surface area contributed by atoms with Gasteiger partial charge in [0.1, 0.15) is 10.8 Å². The number of rotatable bonds is 3. The average Bonchev–Trinajstić information content (AvgIpc) is 3.39. The van der Waals surface area contributed by atoms with E-state index in [4.69, 9.17) is 4.98 Å². The van der Waals surface area contributed by atoms with Crippen LogP contribution in [-0.4, -0.2) is 21.6 Å². The molecule has 4 rings (SSSR count). The zero-order valence-electron chi connectivity index (χ0n) is 19.2. The highest BCUT2D eigenvalue weighted by Gasteiger charge is 2.27. The molecule has 0 unspecified atom stereocenters. The Balaban J connectivity index is 1.70. The molecule has 1 fully saturated rings. The Morgan fingerprint density at radius 3 is 1.90 bits per heavy atom. The molecular formula is C26H31NOS3. The lowest BCUT2D eigenvalue weighted by Crippen LogP contribution is -2.17. The van der Waals surface area contributed by atoms with Gasteiger partial charge in [-0.05, 0) is 28.5 Å². The second kappa shape index (κ2) is 8.49. The molecule has 0 aliphatic carbocycles. The lowest BCUT2D eigenvalue weighted by molar-refractivity contribution is 0.423. The van der Waals surface area contributed by atoms with Crippen molar-refractivity contribution in [2.24, 2.45) is 0 Å². The Labute approximate surface area is 198 Å². The maximum absolute atomic E-state index is 11.0. The largest absolute Gasteiger partial charge is 0.507 e. The molecule has 3 aromatic rings. The van der Waals surface area contributed by atoms with E-state index in [0.717, 1.165) is 27.4 Å². The Morgan fingerprint density at radius 2 is 1.39 bits per heavy atom. The summed E-state index contributed by atoms with van der Waals surface area (Å²) in [6, 6.07) is 13.1. The topological polar surface area (TPSA) is 33.1 Å². The van der Waals surface area contributed by atoms with Crippen LogP contribution in [0.5, 0.6) is 5.75 Å². The lowest BCUT2D eigenvalue weighted by Gasteiger charge is -2.28. The second-order valence-electron chi connectivity index (χ2n) is 10.2. The van der Waals surface area contributed by atoms with E-state index in [1.807, 2.05) is 23.5 Å². The van der Waals surface area contributed by atoms with Gasteiger partial charge in [-0.3, -0.25) is 0 Å². The van der Waals surface area contributed by atoms with Crippen molar-refractivity contribution in [3.05, 3.63) is 58.5 Å². The molecule has 0 radical (unpaired) electrons. The van der Waals surface area contributed by atoms with Crippen LogP contribution in [0.3, 0.4) is 0 Å². The van der Waals surface area contributed by atoms with Gasteiger partial charge in [-0.25, -0.2) is 4.98 Å². The molecule has 0 amide bonds. The van der Waals surface area contributed by atoms with Gasteiger partial charge >= 0.3 is 0 Å². The van der Waals surface area contributed by atoms with Crippen molar-refractivity contribution in [2.45, 2.75) is 57.0 Å². The minimum absolute atomic E-state index is 0.148. The van der Waals surface area contributed by atoms with Gasteiger partial charge < -0.3 is 5.11 Å². The highest BCUT2D eigenvalue weighted by molar-refractivity contribution is 8.19. The van der Waals surface area contributed by atoms with E-state index in [0.29, 0.717) is 10.3 Å². The molecule has 2 aromatic carbocycles. The molecule has 1 aromatic heterocycles. The molecule has 0 atom stereocenters. The Hall–Kier alpha value is -1.43. The van der Waals surface area contributed by atoms with E-state index in [1.54, 1.807) is 11.3 Å². The molecule has 1 aliphatic rings. The highest BCUT2D eigenvalue weighted by Crippen LogP contribution is 2.46. The average molecular weight is 470 g/mol. The first-order chi connectivity index (χ1) is 14.5. The van der Waals surface area contributed by atoms with Crippen LogP contribution in [0.15, 0.2) is 41.8 Å². The molecule has 1 N–H and O–H groups in total. The summed E-state index contributed by atoms with van der Waals surface area (Å²) in [6.45, 7) is 12.9. The summed E-state index contributed by atoms with van der Waals surface area (Å²) < 4.78 is 0.574. The van der Waals surface area contributed by atoms with E-state index in [-0.39, 0.29) is 10.8 Å². The van der Waals surface area contributed by atoms with E-state index in [2.05, 4.69) is 83.3 Å². The molecule has 31 heavy (non-hydrogen) atoms. The number of hydrogen-bond donors (Lipinski definition) is 1. The smallest absolute Gasteiger partial charge is 0.124 e. The first-order valence-electron chi connectivity index (χ1n) is 10.7. The van der Waals surface area contributed by atoms with Crippen molar-refractivity contribution in [1.82, 2.24) is 4.98 Å². The van der Waals surface area contributed by atoms with Gasteiger partial charge in [0.05, 0.1) is 10.3 Å². The van der Waals surface area contributed by atoms with Crippen LogP contribution >= 0.6 is 34.9 Å². The van der Waals surface area contributed by atoms with Gasteiger partial charge in [-0.2, -0.15) is 0 Å². The van der Waals surface area contributed by atoms with Crippen molar-refractivity contribution < 1.29 is 5.11 Å². The summed E-state index contributed by atoms with van der Waals surface area (Å²) >= 11 is 5.75. The van der Waals surface area contributed by atoms with Crippen molar-refractivity contribution >= 4 is 34.9 Å². The van der Waals surface area contributed by atoms with Gasteiger partial charge in [0.15, 0.2) is 0 Å². The predicted octanol–water partition coefficient (Wildman–Crippen LogP) is 8.26. The predicted molar refractivity (Wildman–Crippen MR) is 140 cm³/mol. The van der Waals surface area contributed by atoms with Crippen LogP contribution in [0.2, 0.25) is 0 Å². The Bertz CT molecular complexity index is 1030. The van der Waals surface area contributed by atoms with Crippen molar-refractivity contribution in [2.75, 3.05) is 11.5 Å². The molecule has 0 bridgehead atoms. The van der Waals surface area contributed by atoms with E-state index >= 15 is 0 Å². The van der Waals surface area contributed by atoms with Gasteiger partial charge in [-0.1, -0.05) is 65.8 Å². The molecule has 0 saturated carbocycles.